The molecule has 1 fully saturated rings. The lowest BCUT2D eigenvalue weighted by Crippen LogP contribution is -2.46. The summed E-state index contributed by atoms with van der Waals surface area (Å²) in [6.07, 6.45) is -0.364. The van der Waals surface area contributed by atoms with E-state index in [2.05, 4.69) is 10.6 Å². The molecular weight excluding hydrogens is 357 g/mol. The molecule has 9 heteroatoms. The van der Waals surface area contributed by atoms with E-state index < -0.39 is 47.8 Å². The molecule has 8 nitrogen and oxygen atoms in total. The zero-order valence-corrected chi connectivity index (χ0v) is 15.4. The molecule has 1 aromatic carbocycles. The standard InChI is InChI=1S/C18H22FN3O5/c1-4-18(5-2)16(25)22(17(26)21-18)10-14(23)27-11(3)15(24)20-13-8-6-12(19)7-9-13/h6-9,11H,4-5,10H2,1-3H3,(H,20,24)(H,21,26)/t11-/m1/s1. The molecule has 27 heavy (non-hydrogen) atoms. The molecule has 1 aliphatic rings. The number of ether oxygens (including phenoxy) is 1. The van der Waals surface area contributed by atoms with Gasteiger partial charge >= 0.3 is 12.0 Å². The van der Waals surface area contributed by atoms with Gasteiger partial charge in [-0.25, -0.2) is 9.18 Å². The van der Waals surface area contributed by atoms with E-state index in [4.69, 9.17) is 4.74 Å². The molecule has 146 valence electrons. The third kappa shape index (κ3) is 4.42. The second-order valence-corrected chi connectivity index (χ2v) is 6.24. The van der Waals surface area contributed by atoms with Crippen LogP contribution in [0.1, 0.15) is 33.6 Å². The van der Waals surface area contributed by atoms with Crippen molar-refractivity contribution < 1.29 is 28.3 Å². The number of hydrogen-bond donors (Lipinski definition) is 2. The molecule has 1 atom stereocenters. The first kappa shape index (κ1) is 20.3. The van der Waals surface area contributed by atoms with Gasteiger partial charge in [-0.3, -0.25) is 19.3 Å². The topological polar surface area (TPSA) is 105 Å². The van der Waals surface area contributed by atoms with E-state index in [1.165, 1.54) is 31.2 Å². The van der Waals surface area contributed by atoms with Crippen molar-refractivity contribution in [3.05, 3.63) is 30.1 Å². The Bertz CT molecular complexity index is 746. The summed E-state index contributed by atoms with van der Waals surface area (Å²) in [6, 6.07) is 4.42. The van der Waals surface area contributed by atoms with Gasteiger partial charge in [-0.1, -0.05) is 13.8 Å². The fourth-order valence-corrected chi connectivity index (χ4v) is 2.74. The number of carbonyl (C=O) groups excluding carboxylic acids is 4. The molecule has 0 unspecified atom stereocenters. The Morgan fingerprint density at radius 1 is 1.22 bits per heavy atom. The summed E-state index contributed by atoms with van der Waals surface area (Å²) in [6.45, 7) is 4.31. The molecule has 0 saturated carbocycles. The van der Waals surface area contributed by atoms with Crippen molar-refractivity contribution in [1.29, 1.82) is 0 Å². The summed E-state index contributed by atoms with van der Waals surface area (Å²) in [4.78, 5) is 49.4. The van der Waals surface area contributed by atoms with E-state index in [9.17, 15) is 23.6 Å². The quantitative estimate of drug-likeness (QED) is 0.555. The number of carbonyl (C=O) groups is 4. The molecule has 1 aromatic rings. The number of nitrogens with one attached hydrogen (secondary N) is 2. The Balaban J connectivity index is 1.92. The third-order valence-electron chi connectivity index (χ3n) is 4.53. The Morgan fingerprint density at radius 3 is 2.33 bits per heavy atom. The number of anilines is 1. The number of benzene rings is 1. The van der Waals surface area contributed by atoms with Crippen LogP contribution in [0, 0.1) is 5.82 Å². The van der Waals surface area contributed by atoms with Crippen LogP contribution in [0.15, 0.2) is 24.3 Å². The number of amides is 4. The van der Waals surface area contributed by atoms with Gasteiger partial charge in [0.15, 0.2) is 6.10 Å². The maximum absolute atomic E-state index is 12.9. The number of halogens is 1. The molecule has 0 radical (unpaired) electrons. The van der Waals surface area contributed by atoms with Crippen molar-refractivity contribution in [2.45, 2.75) is 45.3 Å². The lowest BCUT2D eigenvalue weighted by molar-refractivity contribution is -0.155. The molecule has 1 aliphatic heterocycles. The van der Waals surface area contributed by atoms with E-state index in [0.29, 0.717) is 18.5 Å². The van der Waals surface area contributed by atoms with E-state index >= 15 is 0 Å². The van der Waals surface area contributed by atoms with Crippen LogP contribution in [0.5, 0.6) is 0 Å². The molecule has 0 aromatic heterocycles. The van der Waals surface area contributed by atoms with Gasteiger partial charge in [0.25, 0.3) is 11.8 Å². The van der Waals surface area contributed by atoms with Gasteiger partial charge in [0.05, 0.1) is 0 Å². The van der Waals surface area contributed by atoms with E-state index in [1.54, 1.807) is 13.8 Å². The number of esters is 1. The third-order valence-corrected chi connectivity index (χ3v) is 4.53. The highest BCUT2D eigenvalue weighted by Crippen LogP contribution is 2.24. The molecule has 0 bridgehead atoms. The smallest absolute Gasteiger partial charge is 0.327 e. The van der Waals surface area contributed by atoms with Gasteiger partial charge in [0.2, 0.25) is 0 Å². The first-order valence-electron chi connectivity index (χ1n) is 8.62. The summed E-state index contributed by atoms with van der Waals surface area (Å²) < 4.78 is 17.9. The first-order valence-corrected chi connectivity index (χ1v) is 8.62. The fraction of sp³-hybridized carbons (Fsp3) is 0.444. The Hall–Kier alpha value is -2.97. The fourth-order valence-electron chi connectivity index (χ4n) is 2.74. The van der Waals surface area contributed by atoms with Crippen LogP contribution in [0.25, 0.3) is 0 Å². The molecule has 0 aliphatic carbocycles. The molecule has 2 N–H and O–H groups in total. The minimum Gasteiger partial charge on any atom is -0.451 e. The van der Waals surface area contributed by atoms with Crippen LogP contribution in [-0.4, -0.2) is 46.9 Å². The molecule has 4 amide bonds. The van der Waals surface area contributed by atoms with Crippen molar-refractivity contribution >= 4 is 29.5 Å². The van der Waals surface area contributed by atoms with Crippen LogP contribution in [0.2, 0.25) is 0 Å². The van der Waals surface area contributed by atoms with Crippen molar-refractivity contribution in [1.82, 2.24) is 10.2 Å². The van der Waals surface area contributed by atoms with Crippen LogP contribution >= 0.6 is 0 Å². The van der Waals surface area contributed by atoms with Gasteiger partial charge in [-0.2, -0.15) is 0 Å². The summed E-state index contributed by atoms with van der Waals surface area (Å²) in [5.74, 6) is -2.44. The lowest BCUT2D eigenvalue weighted by Gasteiger charge is -2.23. The Morgan fingerprint density at radius 2 is 1.81 bits per heavy atom. The lowest BCUT2D eigenvalue weighted by atomic mass is 9.93. The average Bonchev–Trinajstić information content (AvgIpc) is 2.88. The zero-order valence-electron chi connectivity index (χ0n) is 15.4. The van der Waals surface area contributed by atoms with Gasteiger partial charge in [-0.05, 0) is 44.0 Å². The van der Waals surface area contributed by atoms with Gasteiger partial charge in [0.1, 0.15) is 17.9 Å². The Labute approximate surface area is 156 Å². The molecule has 0 spiro atoms. The van der Waals surface area contributed by atoms with Crippen molar-refractivity contribution in [3.8, 4) is 0 Å². The number of rotatable bonds is 7. The normalized spacial score (nSPS) is 16.7. The van der Waals surface area contributed by atoms with Crippen molar-refractivity contribution in [2.75, 3.05) is 11.9 Å². The highest BCUT2D eigenvalue weighted by Gasteiger charge is 2.49. The zero-order chi connectivity index (χ0) is 20.2. The van der Waals surface area contributed by atoms with Crippen LogP contribution in [0.3, 0.4) is 0 Å². The second kappa shape index (κ2) is 8.15. The monoisotopic (exact) mass is 379 g/mol. The van der Waals surface area contributed by atoms with Gasteiger partial charge in [-0.15, -0.1) is 0 Å². The number of nitrogens with zero attached hydrogens (tertiary/aromatic N) is 1. The molecular formula is C18H22FN3O5. The minimum absolute atomic E-state index is 0.342. The molecule has 2 rings (SSSR count). The Kier molecular flexibility index (Phi) is 6.14. The SMILES string of the molecule is CCC1(CC)NC(=O)N(CC(=O)O[C@H](C)C(=O)Nc2ccc(F)cc2)C1=O. The van der Waals surface area contributed by atoms with Crippen molar-refractivity contribution in [2.24, 2.45) is 0 Å². The number of urea groups is 1. The first-order chi connectivity index (χ1) is 12.7. The molecule has 1 saturated heterocycles. The minimum atomic E-state index is -1.16. The predicted molar refractivity (Wildman–Crippen MR) is 94.1 cm³/mol. The summed E-state index contributed by atoms with van der Waals surface area (Å²) >= 11 is 0. The highest BCUT2D eigenvalue weighted by atomic mass is 19.1. The molecule has 1 heterocycles. The second-order valence-electron chi connectivity index (χ2n) is 6.24. The average molecular weight is 379 g/mol. The van der Waals surface area contributed by atoms with Crippen molar-refractivity contribution in [3.63, 3.8) is 0 Å². The van der Waals surface area contributed by atoms with Crippen LogP contribution in [0.4, 0.5) is 14.9 Å². The largest absolute Gasteiger partial charge is 0.451 e. The number of imide groups is 1. The maximum atomic E-state index is 12.9. The highest BCUT2D eigenvalue weighted by molar-refractivity contribution is 6.08. The van der Waals surface area contributed by atoms with Crippen LogP contribution < -0.4 is 10.6 Å². The predicted octanol–water partition coefficient (Wildman–Crippen LogP) is 1.81. The van der Waals surface area contributed by atoms with Gasteiger partial charge in [0, 0.05) is 5.69 Å². The van der Waals surface area contributed by atoms with E-state index in [1.807, 2.05) is 0 Å². The summed E-state index contributed by atoms with van der Waals surface area (Å²) in [5, 5.41) is 5.08. The van der Waals surface area contributed by atoms with E-state index in [0.717, 1.165) is 4.90 Å². The maximum Gasteiger partial charge on any atom is 0.327 e. The summed E-state index contributed by atoms with van der Waals surface area (Å²) in [7, 11) is 0. The van der Waals surface area contributed by atoms with Gasteiger partial charge < -0.3 is 15.4 Å². The summed E-state index contributed by atoms with van der Waals surface area (Å²) in [5.41, 5.74) is -0.669. The van der Waals surface area contributed by atoms with E-state index in [-0.39, 0.29) is 0 Å². The number of hydrogen-bond acceptors (Lipinski definition) is 5. The van der Waals surface area contributed by atoms with Crippen LogP contribution in [-0.2, 0) is 19.1 Å².